The van der Waals surface area contributed by atoms with Crippen molar-refractivity contribution in [2.75, 3.05) is 23.5 Å². The quantitative estimate of drug-likeness (QED) is 0.387. The molecule has 0 aliphatic heterocycles. The molecule has 0 bridgehead atoms. The summed E-state index contributed by atoms with van der Waals surface area (Å²) in [6.45, 7) is 0.501. The Morgan fingerprint density at radius 3 is 2.54 bits per heavy atom. The van der Waals surface area contributed by atoms with Crippen LogP contribution in [0.2, 0.25) is 0 Å². The minimum Gasteiger partial charge on any atom is -0.453 e. The van der Waals surface area contributed by atoms with E-state index in [1.807, 2.05) is 0 Å². The first kappa shape index (κ1) is 18.1. The van der Waals surface area contributed by atoms with Crippen LogP contribution in [-0.2, 0) is 0 Å². The lowest BCUT2D eigenvalue weighted by Crippen LogP contribution is -2.07. The van der Waals surface area contributed by atoms with E-state index in [0.717, 1.165) is 12.1 Å². The molecule has 26 heavy (non-hydrogen) atoms. The molecule has 1 heterocycles. The second-order valence-corrected chi connectivity index (χ2v) is 5.97. The largest absolute Gasteiger partial charge is 0.453 e. The molecule has 1 aromatic heterocycles. The Morgan fingerprint density at radius 2 is 1.85 bits per heavy atom. The van der Waals surface area contributed by atoms with Crippen LogP contribution >= 0.6 is 11.6 Å². The third-order valence-electron chi connectivity index (χ3n) is 3.82. The Balaban J connectivity index is 2.06. The highest BCUT2D eigenvalue weighted by atomic mass is 35.5. The third-order valence-corrected chi connectivity index (χ3v) is 4.09. The van der Waals surface area contributed by atoms with Crippen molar-refractivity contribution in [3.8, 4) is 11.3 Å². The van der Waals surface area contributed by atoms with Crippen molar-refractivity contribution >= 4 is 33.9 Å². The second-order valence-electron chi connectivity index (χ2n) is 5.60. The number of nitrogens with two attached hydrogens (primary N) is 1. The smallest absolute Gasteiger partial charge is 0.195 e. The monoisotopic (exact) mass is 382 g/mol. The van der Waals surface area contributed by atoms with Gasteiger partial charge in [-0.1, -0.05) is 0 Å². The lowest BCUT2D eigenvalue weighted by atomic mass is 10.1. The van der Waals surface area contributed by atoms with E-state index in [2.05, 4.69) is 5.32 Å². The lowest BCUT2D eigenvalue weighted by molar-refractivity contribution is 0.546. The van der Waals surface area contributed by atoms with E-state index in [1.165, 1.54) is 12.1 Å². The van der Waals surface area contributed by atoms with Crippen molar-refractivity contribution in [3.05, 3.63) is 58.0 Å². The number of nitrogens with one attached hydrogen (secondary N) is 1. The molecule has 136 valence electrons. The zero-order valence-electron chi connectivity index (χ0n) is 13.4. The highest BCUT2D eigenvalue weighted by Gasteiger charge is 2.17. The van der Waals surface area contributed by atoms with Gasteiger partial charge in [0.2, 0.25) is 0 Å². The number of benzene rings is 2. The molecule has 4 nitrogen and oxygen atoms in total. The summed E-state index contributed by atoms with van der Waals surface area (Å²) in [5.74, 6) is -2.29. The topological polar surface area (TPSA) is 68.3 Å². The predicted octanol–water partition coefficient (Wildman–Crippen LogP) is 4.50. The van der Waals surface area contributed by atoms with E-state index >= 15 is 0 Å². The molecule has 3 rings (SSSR count). The van der Waals surface area contributed by atoms with Gasteiger partial charge in [0.25, 0.3) is 0 Å². The predicted molar refractivity (Wildman–Crippen MR) is 96.0 cm³/mol. The molecule has 0 unspecified atom stereocenters. The standard InChI is InChI=1S/C18H14ClF3N2O2/c19-4-1-5-24-13-3-2-9(6-10(13)20)15-8-14(25)16-17(23)11(21)7-12(22)18(16)26-15/h2-3,6-8,24H,1,4-5,23H2. The van der Waals surface area contributed by atoms with Gasteiger partial charge in [-0.05, 0) is 24.6 Å². The minimum atomic E-state index is -1.06. The Kier molecular flexibility index (Phi) is 5.08. The van der Waals surface area contributed by atoms with Crippen molar-refractivity contribution in [2.24, 2.45) is 0 Å². The van der Waals surface area contributed by atoms with Gasteiger partial charge < -0.3 is 15.5 Å². The summed E-state index contributed by atoms with van der Waals surface area (Å²) >= 11 is 5.57. The Morgan fingerprint density at radius 1 is 1.08 bits per heavy atom. The van der Waals surface area contributed by atoms with Crippen molar-refractivity contribution in [1.82, 2.24) is 0 Å². The highest BCUT2D eigenvalue weighted by molar-refractivity contribution is 6.17. The van der Waals surface area contributed by atoms with Crippen LogP contribution in [0.1, 0.15) is 6.42 Å². The molecule has 0 atom stereocenters. The third kappa shape index (κ3) is 3.35. The first-order valence-corrected chi connectivity index (χ1v) is 8.27. The van der Waals surface area contributed by atoms with Crippen LogP contribution < -0.4 is 16.5 Å². The van der Waals surface area contributed by atoms with E-state index in [-0.39, 0.29) is 22.4 Å². The van der Waals surface area contributed by atoms with Gasteiger partial charge in [-0.3, -0.25) is 4.79 Å². The van der Waals surface area contributed by atoms with Crippen molar-refractivity contribution < 1.29 is 17.6 Å². The van der Waals surface area contributed by atoms with Gasteiger partial charge in [0, 0.05) is 30.1 Å². The van der Waals surface area contributed by atoms with Gasteiger partial charge in [-0.25, -0.2) is 13.2 Å². The number of alkyl halides is 1. The molecule has 0 saturated heterocycles. The summed E-state index contributed by atoms with van der Waals surface area (Å²) in [6.07, 6.45) is 0.666. The zero-order valence-corrected chi connectivity index (χ0v) is 14.2. The van der Waals surface area contributed by atoms with Gasteiger partial charge >= 0.3 is 0 Å². The van der Waals surface area contributed by atoms with Gasteiger partial charge in [-0.15, -0.1) is 11.6 Å². The summed E-state index contributed by atoms with van der Waals surface area (Å²) in [4.78, 5) is 12.2. The Bertz CT molecular complexity index is 1040. The van der Waals surface area contributed by atoms with Crippen LogP contribution in [0.25, 0.3) is 22.3 Å². The zero-order chi connectivity index (χ0) is 18.8. The second kappa shape index (κ2) is 7.29. The van der Waals surface area contributed by atoms with E-state index < -0.39 is 34.2 Å². The molecular formula is C18H14ClF3N2O2. The molecule has 0 fully saturated rings. The average Bonchev–Trinajstić information content (AvgIpc) is 2.60. The molecule has 3 aromatic rings. The number of rotatable bonds is 5. The molecule has 0 aliphatic rings. The Labute approximate surface area is 151 Å². The van der Waals surface area contributed by atoms with E-state index in [1.54, 1.807) is 0 Å². The number of fused-ring (bicyclic) bond motifs is 1. The summed E-state index contributed by atoms with van der Waals surface area (Å²) in [7, 11) is 0. The van der Waals surface area contributed by atoms with Crippen LogP contribution in [0.3, 0.4) is 0 Å². The van der Waals surface area contributed by atoms with Crippen LogP contribution in [0.5, 0.6) is 0 Å². The Hall–Kier alpha value is -2.67. The molecule has 3 N–H and O–H groups in total. The molecule has 0 aliphatic carbocycles. The highest BCUT2D eigenvalue weighted by Crippen LogP contribution is 2.30. The van der Waals surface area contributed by atoms with E-state index in [4.69, 9.17) is 21.8 Å². The number of nitrogen functional groups attached to an aromatic ring is 1. The van der Waals surface area contributed by atoms with Gasteiger partial charge in [0.15, 0.2) is 16.8 Å². The maximum absolute atomic E-state index is 14.2. The average molecular weight is 383 g/mol. The number of hydrogen-bond acceptors (Lipinski definition) is 4. The first-order chi connectivity index (χ1) is 12.4. The molecule has 0 spiro atoms. The molecule has 2 aromatic carbocycles. The lowest BCUT2D eigenvalue weighted by Gasteiger charge is -2.09. The molecule has 8 heteroatoms. The van der Waals surface area contributed by atoms with Gasteiger partial charge in [0.1, 0.15) is 17.4 Å². The van der Waals surface area contributed by atoms with Crippen LogP contribution in [0.4, 0.5) is 24.5 Å². The normalized spacial score (nSPS) is 11.1. The number of hydrogen-bond donors (Lipinski definition) is 2. The SMILES string of the molecule is Nc1c(F)cc(F)c2oc(-c3ccc(NCCCCl)c(F)c3)cc(=O)c12. The fourth-order valence-electron chi connectivity index (χ4n) is 2.53. The summed E-state index contributed by atoms with van der Waals surface area (Å²) in [5.41, 5.74) is 4.30. The molecule has 0 amide bonds. The summed E-state index contributed by atoms with van der Waals surface area (Å²) < 4.78 is 47.1. The fraction of sp³-hybridized carbons (Fsp3) is 0.167. The maximum Gasteiger partial charge on any atom is 0.195 e. The van der Waals surface area contributed by atoms with Gasteiger partial charge in [0.05, 0.1) is 16.8 Å². The van der Waals surface area contributed by atoms with E-state index in [0.29, 0.717) is 24.9 Å². The first-order valence-electron chi connectivity index (χ1n) is 7.73. The summed E-state index contributed by atoms with van der Waals surface area (Å²) in [6, 6.07) is 5.69. The van der Waals surface area contributed by atoms with E-state index in [9.17, 15) is 18.0 Å². The van der Waals surface area contributed by atoms with Gasteiger partial charge in [-0.2, -0.15) is 0 Å². The fourth-order valence-corrected chi connectivity index (χ4v) is 2.67. The van der Waals surface area contributed by atoms with Crippen molar-refractivity contribution in [3.63, 3.8) is 0 Å². The summed E-state index contributed by atoms with van der Waals surface area (Å²) in [5, 5.41) is 2.50. The molecule has 0 saturated carbocycles. The van der Waals surface area contributed by atoms with Crippen LogP contribution in [0.15, 0.2) is 39.5 Å². The molecular weight excluding hydrogens is 369 g/mol. The minimum absolute atomic E-state index is 0.0568. The number of halogens is 4. The van der Waals surface area contributed by atoms with Crippen LogP contribution in [0, 0.1) is 17.5 Å². The van der Waals surface area contributed by atoms with Crippen LogP contribution in [-0.4, -0.2) is 12.4 Å². The van der Waals surface area contributed by atoms with Crippen molar-refractivity contribution in [2.45, 2.75) is 6.42 Å². The number of anilines is 2. The maximum atomic E-state index is 14.2. The molecule has 0 radical (unpaired) electrons. The van der Waals surface area contributed by atoms with Crippen molar-refractivity contribution in [1.29, 1.82) is 0 Å².